The van der Waals surface area contributed by atoms with E-state index < -0.39 is 0 Å². The van der Waals surface area contributed by atoms with E-state index in [1.165, 1.54) is 11.1 Å². The maximum Gasteiger partial charge on any atom is 0.0991 e. The minimum absolute atomic E-state index is 0.645. The third-order valence-corrected chi connectivity index (χ3v) is 2.66. The Bertz CT molecular complexity index is 443. The van der Waals surface area contributed by atoms with Crippen LogP contribution in [0.15, 0.2) is 42.5 Å². The Kier molecular flexibility index (Phi) is 2.69. The van der Waals surface area contributed by atoms with Gasteiger partial charge in [0.2, 0.25) is 0 Å². The zero-order valence-corrected chi connectivity index (χ0v) is 8.77. The standard InChI is InChI=1S/C14H13N/c1-11-2-6-13(7-3-11)14-8-4-12(10-15)5-9-14/h2,4-9,11H,3H2,1H3. The van der Waals surface area contributed by atoms with E-state index in [-0.39, 0.29) is 0 Å². The van der Waals surface area contributed by atoms with Gasteiger partial charge in [-0.3, -0.25) is 0 Å². The summed E-state index contributed by atoms with van der Waals surface area (Å²) < 4.78 is 0. The van der Waals surface area contributed by atoms with Crippen molar-refractivity contribution in [2.24, 2.45) is 5.92 Å². The van der Waals surface area contributed by atoms with Gasteiger partial charge in [0.1, 0.15) is 0 Å². The maximum atomic E-state index is 8.69. The highest BCUT2D eigenvalue weighted by atomic mass is 14.2. The summed E-state index contributed by atoms with van der Waals surface area (Å²) in [5, 5.41) is 8.69. The number of rotatable bonds is 1. The fourth-order valence-electron chi connectivity index (χ4n) is 1.68. The first-order chi connectivity index (χ1) is 7.29. The predicted molar refractivity (Wildman–Crippen MR) is 62.1 cm³/mol. The number of nitriles is 1. The van der Waals surface area contributed by atoms with Crippen molar-refractivity contribution in [2.45, 2.75) is 13.3 Å². The highest BCUT2D eigenvalue weighted by Crippen LogP contribution is 2.23. The molecule has 0 radical (unpaired) electrons. The third-order valence-electron chi connectivity index (χ3n) is 2.66. The lowest BCUT2D eigenvalue weighted by molar-refractivity contribution is 0.739. The molecule has 0 saturated heterocycles. The molecule has 0 heterocycles. The molecule has 0 N–H and O–H groups in total. The molecular weight excluding hydrogens is 182 g/mol. The number of benzene rings is 1. The van der Waals surface area contributed by atoms with Crippen LogP contribution in [0.25, 0.3) is 5.57 Å². The fourth-order valence-corrected chi connectivity index (χ4v) is 1.68. The molecule has 2 rings (SSSR count). The first-order valence-corrected chi connectivity index (χ1v) is 5.18. The average molecular weight is 195 g/mol. The van der Waals surface area contributed by atoms with Crippen LogP contribution in [0.2, 0.25) is 0 Å². The van der Waals surface area contributed by atoms with Crippen LogP contribution in [0.4, 0.5) is 0 Å². The molecule has 1 aliphatic rings. The van der Waals surface area contributed by atoms with Gasteiger partial charge >= 0.3 is 0 Å². The molecule has 1 aliphatic carbocycles. The van der Waals surface area contributed by atoms with Crippen LogP contribution in [-0.2, 0) is 0 Å². The van der Waals surface area contributed by atoms with Gasteiger partial charge in [-0.2, -0.15) is 5.26 Å². The molecule has 1 unspecified atom stereocenters. The largest absolute Gasteiger partial charge is 0.192 e. The number of nitrogens with zero attached hydrogens (tertiary/aromatic N) is 1. The van der Waals surface area contributed by atoms with Crippen molar-refractivity contribution in [3.63, 3.8) is 0 Å². The van der Waals surface area contributed by atoms with Crippen LogP contribution in [-0.4, -0.2) is 0 Å². The van der Waals surface area contributed by atoms with Gasteiger partial charge in [-0.1, -0.05) is 37.3 Å². The third kappa shape index (κ3) is 2.16. The minimum Gasteiger partial charge on any atom is -0.192 e. The van der Waals surface area contributed by atoms with E-state index in [4.69, 9.17) is 5.26 Å². The lowest BCUT2D eigenvalue weighted by Gasteiger charge is -2.11. The van der Waals surface area contributed by atoms with Gasteiger partial charge in [-0.25, -0.2) is 0 Å². The highest BCUT2D eigenvalue weighted by Gasteiger charge is 2.05. The molecule has 15 heavy (non-hydrogen) atoms. The Morgan fingerprint density at radius 3 is 2.53 bits per heavy atom. The van der Waals surface area contributed by atoms with Crippen molar-refractivity contribution < 1.29 is 0 Å². The van der Waals surface area contributed by atoms with E-state index in [1.807, 2.05) is 24.3 Å². The van der Waals surface area contributed by atoms with Gasteiger partial charge in [0.15, 0.2) is 0 Å². The summed E-state index contributed by atoms with van der Waals surface area (Å²) in [6.45, 7) is 2.21. The molecule has 1 nitrogen and oxygen atoms in total. The second kappa shape index (κ2) is 4.14. The predicted octanol–water partition coefficient (Wildman–Crippen LogP) is 3.54. The summed E-state index contributed by atoms with van der Waals surface area (Å²) >= 11 is 0. The maximum absolute atomic E-state index is 8.69. The Hall–Kier alpha value is -1.81. The molecule has 0 saturated carbocycles. The number of hydrogen-bond acceptors (Lipinski definition) is 1. The van der Waals surface area contributed by atoms with E-state index >= 15 is 0 Å². The summed E-state index contributed by atoms with van der Waals surface area (Å²) in [5.41, 5.74) is 3.17. The van der Waals surface area contributed by atoms with E-state index in [0.717, 1.165) is 6.42 Å². The van der Waals surface area contributed by atoms with Crippen molar-refractivity contribution in [3.8, 4) is 6.07 Å². The first-order valence-electron chi connectivity index (χ1n) is 5.18. The monoisotopic (exact) mass is 195 g/mol. The normalized spacial score (nSPS) is 19.5. The summed E-state index contributed by atoms with van der Waals surface area (Å²) in [6.07, 6.45) is 7.75. The molecule has 0 bridgehead atoms. The number of allylic oxidation sites excluding steroid dienone is 4. The van der Waals surface area contributed by atoms with Crippen molar-refractivity contribution in [1.29, 1.82) is 5.26 Å². The molecule has 1 aromatic rings. The van der Waals surface area contributed by atoms with Crippen LogP contribution in [0.1, 0.15) is 24.5 Å². The van der Waals surface area contributed by atoms with Gasteiger partial charge in [0.25, 0.3) is 0 Å². The summed E-state index contributed by atoms with van der Waals surface area (Å²) in [4.78, 5) is 0. The Morgan fingerprint density at radius 2 is 2.00 bits per heavy atom. The van der Waals surface area contributed by atoms with Gasteiger partial charge < -0.3 is 0 Å². The molecule has 0 aliphatic heterocycles. The van der Waals surface area contributed by atoms with E-state index in [9.17, 15) is 0 Å². The van der Waals surface area contributed by atoms with Gasteiger partial charge in [0.05, 0.1) is 11.6 Å². The number of hydrogen-bond donors (Lipinski definition) is 0. The zero-order chi connectivity index (χ0) is 10.7. The Morgan fingerprint density at radius 1 is 1.27 bits per heavy atom. The van der Waals surface area contributed by atoms with Gasteiger partial charge in [0, 0.05) is 0 Å². The molecular formula is C14H13N. The van der Waals surface area contributed by atoms with Crippen LogP contribution >= 0.6 is 0 Å². The van der Waals surface area contributed by atoms with Crippen LogP contribution in [0.5, 0.6) is 0 Å². The second-order valence-electron chi connectivity index (χ2n) is 3.92. The van der Waals surface area contributed by atoms with Crippen LogP contribution < -0.4 is 0 Å². The quantitative estimate of drug-likeness (QED) is 0.672. The second-order valence-corrected chi connectivity index (χ2v) is 3.92. The van der Waals surface area contributed by atoms with Gasteiger partial charge in [-0.05, 0) is 35.6 Å². The summed E-state index contributed by atoms with van der Waals surface area (Å²) in [7, 11) is 0. The topological polar surface area (TPSA) is 23.8 Å². The van der Waals surface area contributed by atoms with Crippen LogP contribution in [0, 0.1) is 17.2 Å². The van der Waals surface area contributed by atoms with Crippen molar-refractivity contribution in [3.05, 3.63) is 53.6 Å². The molecule has 0 spiro atoms. The lowest BCUT2D eigenvalue weighted by Crippen LogP contribution is -1.94. The molecule has 0 aromatic heterocycles. The minimum atomic E-state index is 0.645. The molecule has 1 heteroatoms. The van der Waals surface area contributed by atoms with Crippen molar-refractivity contribution >= 4 is 5.57 Å². The van der Waals surface area contributed by atoms with E-state index in [0.29, 0.717) is 11.5 Å². The van der Waals surface area contributed by atoms with E-state index in [2.05, 4.69) is 31.2 Å². The molecule has 1 aromatic carbocycles. The smallest absolute Gasteiger partial charge is 0.0991 e. The molecule has 0 fully saturated rings. The Labute approximate surface area is 90.4 Å². The molecule has 0 amide bonds. The molecule has 1 atom stereocenters. The lowest BCUT2D eigenvalue weighted by atomic mass is 9.94. The SMILES string of the molecule is CC1C=CC(c2ccc(C#N)cc2)=CC1. The summed E-state index contributed by atoms with van der Waals surface area (Å²) in [5.74, 6) is 0.645. The average Bonchev–Trinajstić information content (AvgIpc) is 2.30. The highest BCUT2D eigenvalue weighted by molar-refractivity contribution is 5.75. The fraction of sp³-hybridized carbons (Fsp3) is 0.214. The molecule has 74 valence electrons. The van der Waals surface area contributed by atoms with Crippen molar-refractivity contribution in [2.75, 3.05) is 0 Å². The van der Waals surface area contributed by atoms with Crippen LogP contribution in [0.3, 0.4) is 0 Å². The Balaban J connectivity index is 2.25. The van der Waals surface area contributed by atoms with Crippen molar-refractivity contribution in [1.82, 2.24) is 0 Å². The van der Waals surface area contributed by atoms with Gasteiger partial charge in [-0.15, -0.1) is 0 Å². The van der Waals surface area contributed by atoms with E-state index in [1.54, 1.807) is 0 Å². The zero-order valence-electron chi connectivity index (χ0n) is 8.77. The summed E-state index contributed by atoms with van der Waals surface area (Å²) in [6, 6.07) is 9.86. The first kappa shape index (κ1) is 9.73.